The molecule has 2 rings (SSSR count). The molecule has 2 aromatic carbocycles. The van der Waals surface area contributed by atoms with Crippen molar-refractivity contribution in [3.05, 3.63) is 64.7 Å². The maximum absolute atomic E-state index is 13.9. The zero-order valence-electron chi connectivity index (χ0n) is 10.3. The van der Waals surface area contributed by atoms with Crippen LogP contribution in [0, 0.1) is 23.3 Å². The molecule has 0 aliphatic rings. The minimum Gasteiger partial charge on any atom is -0.497 e. The van der Waals surface area contributed by atoms with Gasteiger partial charge < -0.3 is 4.74 Å². The number of rotatable bonds is 3. The van der Waals surface area contributed by atoms with E-state index in [0.29, 0.717) is 6.07 Å². The molecule has 0 spiro atoms. The van der Waals surface area contributed by atoms with Crippen LogP contribution in [0.15, 0.2) is 30.3 Å². The summed E-state index contributed by atoms with van der Waals surface area (Å²) in [6.07, 6.45) is 0. The number of hydrogen-bond acceptors (Lipinski definition) is 1. The molecule has 1 atom stereocenters. The first-order valence-electron chi connectivity index (χ1n) is 5.56. The van der Waals surface area contributed by atoms with Crippen molar-refractivity contribution in [2.24, 2.45) is 0 Å². The van der Waals surface area contributed by atoms with Crippen LogP contribution in [0.5, 0.6) is 5.75 Å². The SMILES string of the molecule is COc1cc(F)c(C(Br)c2ccc(F)cc2F)c(F)c1. The van der Waals surface area contributed by atoms with Crippen LogP contribution in [-0.4, -0.2) is 7.11 Å². The van der Waals surface area contributed by atoms with Crippen LogP contribution in [-0.2, 0) is 0 Å². The highest BCUT2D eigenvalue weighted by atomic mass is 79.9. The summed E-state index contributed by atoms with van der Waals surface area (Å²) in [6, 6.07) is 4.80. The van der Waals surface area contributed by atoms with E-state index in [0.717, 1.165) is 24.3 Å². The lowest BCUT2D eigenvalue weighted by atomic mass is 10.0. The summed E-state index contributed by atoms with van der Waals surface area (Å²) >= 11 is 3.03. The average molecular weight is 349 g/mol. The molecule has 0 heterocycles. The molecule has 0 radical (unpaired) electrons. The Balaban J connectivity index is 2.50. The van der Waals surface area contributed by atoms with Gasteiger partial charge in [-0.05, 0) is 6.07 Å². The summed E-state index contributed by atoms with van der Waals surface area (Å²) in [5, 5.41) is 0. The van der Waals surface area contributed by atoms with Gasteiger partial charge in [0, 0.05) is 29.3 Å². The molecule has 0 saturated heterocycles. The van der Waals surface area contributed by atoms with Gasteiger partial charge in [-0.2, -0.15) is 0 Å². The van der Waals surface area contributed by atoms with Crippen LogP contribution >= 0.6 is 15.9 Å². The van der Waals surface area contributed by atoms with Crippen molar-refractivity contribution >= 4 is 15.9 Å². The highest BCUT2D eigenvalue weighted by Crippen LogP contribution is 2.37. The van der Waals surface area contributed by atoms with Gasteiger partial charge in [0.15, 0.2) is 0 Å². The van der Waals surface area contributed by atoms with Crippen LogP contribution in [0.4, 0.5) is 17.6 Å². The number of alkyl halides is 1. The number of halogens is 5. The third-order valence-corrected chi connectivity index (χ3v) is 3.73. The van der Waals surface area contributed by atoms with Gasteiger partial charge in [-0.3, -0.25) is 0 Å². The number of hydrogen-bond donors (Lipinski definition) is 0. The Morgan fingerprint density at radius 3 is 2.05 bits per heavy atom. The van der Waals surface area contributed by atoms with Gasteiger partial charge in [0.25, 0.3) is 0 Å². The largest absolute Gasteiger partial charge is 0.497 e. The van der Waals surface area contributed by atoms with Crippen molar-refractivity contribution in [1.82, 2.24) is 0 Å². The first kappa shape index (κ1) is 14.8. The lowest BCUT2D eigenvalue weighted by molar-refractivity contribution is 0.405. The minimum atomic E-state index is -1.07. The van der Waals surface area contributed by atoms with E-state index in [9.17, 15) is 17.6 Å². The lowest BCUT2D eigenvalue weighted by Crippen LogP contribution is -2.04. The van der Waals surface area contributed by atoms with Crippen LogP contribution in [0.3, 0.4) is 0 Å². The van der Waals surface area contributed by atoms with Crippen LogP contribution in [0.2, 0.25) is 0 Å². The molecule has 0 amide bonds. The van der Waals surface area contributed by atoms with Gasteiger partial charge in [0.1, 0.15) is 29.0 Å². The van der Waals surface area contributed by atoms with Crippen molar-refractivity contribution in [2.75, 3.05) is 7.11 Å². The first-order chi connectivity index (χ1) is 9.43. The van der Waals surface area contributed by atoms with E-state index in [4.69, 9.17) is 4.74 Å². The molecule has 6 heteroatoms. The van der Waals surface area contributed by atoms with E-state index in [2.05, 4.69) is 15.9 Å². The van der Waals surface area contributed by atoms with E-state index in [1.165, 1.54) is 7.11 Å². The topological polar surface area (TPSA) is 9.23 Å². The molecule has 0 aliphatic carbocycles. The van der Waals surface area contributed by atoms with Gasteiger partial charge in [-0.1, -0.05) is 22.0 Å². The molecule has 0 aliphatic heterocycles. The molecule has 0 N–H and O–H groups in total. The molecule has 106 valence electrons. The van der Waals surface area contributed by atoms with Gasteiger partial charge in [-0.15, -0.1) is 0 Å². The quantitative estimate of drug-likeness (QED) is 0.575. The Bertz CT molecular complexity index is 622. The molecule has 1 nitrogen and oxygen atoms in total. The number of ether oxygens (including phenoxy) is 1. The Hall–Kier alpha value is -1.56. The summed E-state index contributed by atoms with van der Waals surface area (Å²) in [4.78, 5) is -1.07. The van der Waals surface area contributed by atoms with Crippen molar-refractivity contribution < 1.29 is 22.3 Å². The number of benzene rings is 2. The van der Waals surface area contributed by atoms with Crippen molar-refractivity contribution in [2.45, 2.75) is 4.83 Å². The van der Waals surface area contributed by atoms with E-state index in [-0.39, 0.29) is 16.9 Å². The van der Waals surface area contributed by atoms with Crippen LogP contribution < -0.4 is 4.74 Å². The van der Waals surface area contributed by atoms with Crippen molar-refractivity contribution in [3.63, 3.8) is 0 Å². The molecule has 0 saturated carbocycles. The van der Waals surface area contributed by atoms with E-state index in [1.807, 2.05) is 0 Å². The fourth-order valence-electron chi connectivity index (χ4n) is 1.78. The van der Waals surface area contributed by atoms with Gasteiger partial charge >= 0.3 is 0 Å². The van der Waals surface area contributed by atoms with Crippen molar-refractivity contribution in [3.8, 4) is 5.75 Å². The average Bonchev–Trinajstić information content (AvgIpc) is 2.37. The van der Waals surface area contributed by atoms with E-state index < -0.39 is 28.1 Å². The lowest BCUT2D eigenvalue weighted by Gasteiger charge is -2.14. The Kier molecular flexibility index (Phi) is 4.32. The van der Waals surface area contributed by atoms with Crippen LogP contribution in [0.25, 0.3) is 0 Å². The summed E-state index contributed by atoms with van der Waals surface area (Å²) in [7, 11) is 1.28. The van der Waals surface area contributed by atoms with Gasteiger partial charge in [-0.25, -0.2) is 17.6 Å². The Morgan fingerprint density at radius 2 is 1.55 bits per heavy atom. The Morgan fingerprint density at radius 1 is 0.950 bits per heavy atom. The zero-order valence-corrected chi connectivity index (χ0v) is 11.8. The molecule has 0 bridgehead atoms. The maximum atomic E-state index is 13.9. The third kappa shape index (κ3) is 2.80. The fourth-order valence-corrected chi connectivity index (χ4v) is 2.59. The van der Waals surface area contributed by atoms with Crippen molar-refractivity contribution in [1.29, 1.82) is 0 Å². The fraction of sp³-hybridized carbons (Fsp3) is 0.143. The molecule has 1 unspecified atom stereocenters. The van der Waals surface area contributed by atoms with Crippen LogP contribution in [0.1, 0.15) is 16.0 Å². The molecular formula is C14H9BrF4O. The summed E-state index contributed by atoms with van der Waals surface area (Å²) < 4.78 is 59.0. The molecule has 0 fully saturated rings. The zero-order chi connectivity index (χ0) is 14.9. The highest BCUT2D eigenvalue weighted by molar-refractivity contribution is 9.09. The predicted octanol–water partition coefficient (Wildman–Crippen LogP) is 4.74. The second kappa shape index (κ2) is 5.83. The smallest absolute Gasteiger partial charge is 0.134 e. The predicted molar refractivity (Wildman–Crippen MR) is 70.0 cm³/mol. The maximum Gasteiger partial charge on any atom is 0.134 e. The second-order valence-corrected chi connectivity index (χ2v) is 4.95. The second-order valence-electron chi connectivity index (χ2n) is 4.03. The van der Waals surface area contributed by atoms with Gasteiger partial charge in [0.2, 0.25) is 0 Å². The third-order valence-electron chi connectivity index (χ3n) is 2.78. The Labute approximate surface area is 121 Å². The highest BCUT2D eigenvalue weighted by Gasteiger charge is 2.23. The molecule has 20 heavy (non-hydrogen) atoms. The number of methoxy groups -OCH3 is 1. The van der Waals surface area contributed by atoms with E-state index >= 15 is 0 Å². The molecule has 0 aromatic heterocycles. The molecular weight excluding hydrogens is 340 g/mol. The summed E-state index contributed by atoms with van der Waals surface area (Å²) in [5.41, 5.74) is -0.425. The standard InChI is InChI=1S/C14H9BrF4O/c1-20-8-5-11(18)13(12(19)6-8)14(15)9-3-2-7(16)4-10(9)17/h2-6,14H,1H3. The first-order valence-corrected chi connectivity index (χ1v) is 6.47. The summed E-state index contributed by atoms with van der Waals surface area (Å²) in [6.45, 7) is 0. The monoisotopic (exact) mass is 348 g/mol. The molecule has 2 aromatic rings. The van der Waals surface area contributed by atoms with E-state index in [1.54, 1.807) is 0 Å². The minimum absolute atomic E-state index is 0.0167. The van der Waals surface area contributed by atoms with Gasteiger partial charge in [0.05, 0.1) is 11.9 Å². The summed E-state index contributed by atoms with van der Waals surface area (Å²) in [5.74, 6) is -3.40. The normalized spacial score (nSPS) is 12.3.